The lowest BCUT2D eigenvalue weighted by Crippen LogP contribution is -2.09. The maximum atomic E-state index is 5.93. The van der Waals surface area contributed by atoms with Crippen molar-refractivity contribution in [3.63, 3.8) is 0 Å². The number of anilines is 3. The molecule has 3 N–H and O–H groups in total. The predicted octanol–water partition coefficient (Wildman–Crippen LogP) is 3.85. The smallest absolute Gasteiger partial charge is 0.239 e. The third kappa shape index (κ3) is 3.76. The molecule has 0 aliphatic carbocycles. The highest BCUT2D eigenvalue weighted by molar-refractivity contribution is 6.30. The molecule has 0 aliphatic rings. The zero-order valence-electron chi connectivity index (χ0n) is 10.9. The Hall–Kier alpha value is -1.94. The fraction of sp³-hybridized carbons (Fsp3) is 0.214. The van der Waals surface area contributed by atoms with Gasteiger partial charge in [-0.25, -0.2) is 0 Å². The van der Waals surface area contributed by atoms with E-state index in [1.807, 2.05) is 38.1 Å². The van der Waals surface area contributed by atoms with Gasteiger partial charge in [0, 0.05) is 10.7 Å². The summed E-state index contributed by atoms with van der Waals surface area (Å²) in [5, 5.41) is 3.82. The molecule has 2 rings (SSSR count). The molecule has 0 saturated heterocycles. The highest BCUT2D eigenvalue weighted by atomic mass is 35.5. The van der Waals surface area contributed by atoms with Gasteiger partial charge in [-0.1, -0.05) is 17.7 Å². The maximum Gasteiger partial charge on any atom is 0.239 e. The van der Waals surface area contributed by atoms with Gasteiger partial charge < -0.3 is 15.8 Å². The Balaban J connectivity index is 2.21. The fourth-order valence-electron chi connectivity index (χ4n) is 1.55. The second kappa shape index (κ2) is 5.80. The van der Waals surface area contributed by atoms with E-state index in [0.29, 0.717) is 22.4 Å². The highest BCUT2D eigenvalue weighted by Gasteiger charge is 2.06. The standard InChI is InChI=1S/C14H16ClN3O/c1-9(2)19-14-12(16)6-7-13(18-14)17-11-5-3-4-10(15)8-11/h3-9H,16H2,1-2H3,(H,17,18). The molecule has 0 bridgehead atoms. The quantitative estimate of drug-likeness (QED) is 0.891. The normalized spacial score (nSPS) is 10.5. The summed E-state index contributed by atoms with van der Waals surface area (Å²) in [5.41, 5.74) is 7.20. The van der Waals surface area contributed by atoms with Crippen molar-refractivity contribution in [2.24, 2.45) is 0 Å². The van der Waals surface area contributed by atoms with Crippen molar-refractivity contribution in [2.45, 2.75) is 20.0 Å². The molecule has 0 saturated carbocycles. The van der Waals surface area contributed by atoms with Crippen molar-refractivity contribution in [3.05, 3.63) is 41.4 Å². The molecule has 5 heteroatoms. The summed E-state index contributed by atoms with van der Waals surface area (Å²) < 4.78 is 5.54. The first kappa shape index (κ1) is 13.5. The summed E-state index contributed by atoms with van der Waals surface area (Å²) in [6, 6.07) is 11.0. The summed E-state index contributed by atoms with van der Waals surface area (Å²) >= 11 is 5.93. The van der Waals surface area contributed by atoms with Crippen LogP contribution in [0.4, 0.5) is 17.2 Å². The number of nitrogen functional groups attached to an aromatic ring is 1. The largest absolute Gasteiger partial charge is 0.473 e. The Kier molecular flexibility index (Phi) is 4.12. The van der Waals surface area contributed by atoms with E-state index in [1.54, 1.807) is 12.1 Å². The summed E-state index contributed by atoms with van der Waals surface area (Å²) in [6.07, 6.45) is 0.0243. The van der Waals surface area contributed by atoms with Crippen molar-refractivity contribution >= 4 is 28.8 Å². The van der Waals surface area contributed by atoms with Gasteiger partial charge in [0.2, 0.25) is 5.88 Å². The highest BCUT2D eigenvalue weighted by Crippen LogP contribution is 2.25. The second-order valence-electron chi connectivity index (χ2n) is 4.39. The van der Waals surface area contributed by atoms with Gasteiger partial charge in [-0.3, -0.25) is 0 Å². The zero-order valence-corrected chi connectivity index (χ0v) is 11.6. The maximum absolute atomic E-state index is 5.93. The minimum absolute atomic E-state index is 0.0243. The zero-order chi connectivity index (χ0) is 13.8. The van der Waals surface area contributed by atoms with E-state index in [1.165, 1.54) is 0 Å². The monoisotopic (exact) mass is 277 g/mol. The minimum Gasteiger partial charge on any atom is -0.473 e. The first-order chi connectivity index (χ1) is 9.04. The van der Waals surface area contributed by atoms with Gasteiger partial charge in [0.1, 0.15) is 5.82 Å². The Bertz CT molecular complexity index is 572. The molecule has 100 valence electrons. The van der Waals surface area contributed by atoms with E-state index in [9.17, 15) is 0 Å². The molecule has 0 unspecified atom stereocenters. The molecule has 0 spiro atoms. The van der Waals surface area contributed by atoms with Crippen LogP contribution in [-0.2, 0) is 0 Å². The lowest BCUT2D eigenvalue weighted by atomic mass is 10.3. The van der Waals surface area contributed by atoms with Gasteiger partial charge in [0.05, 0.1) is 11.8 Å². The molecule has 2 aromatic rings. The SMILES string of the molecule is CC(C)Oc1nc(Nc2cccc(Cl)c2)ccc1N. The molecular weight excluding hydrogens is 262 g/mol. The average Bonchev–Trinajstić information content (AvgIpc) is 2.33. The molecular formula is C14H16ClN3O. The molecule has 0 aliphatic heterocycles. The van der Waals surface area contributed by atoms with Gasteiger partial charge in [0.25, 0.3) is 0 Å². The van der Waals surface area contributed by atoms with Crippen LogP contribution < -0.4 is 15.8 Å². The van der Waals surface area contributed by atoms with Crippen LogP contribution in [0.3, 0.4) is 0 Å². The van der Waals surface area contributed by atoms with E-state index < -0.39 is 0 Å². The Morgan fingerprint density at radius 2 is 2.05 bits per heavy atom. The van der Waals surface area contributed by atoms with E-state index >= 15 is 0 Å². The van der Waals surface area contributed by atoms with Crippen LogP contribution in [0.15, 0.2) is 36.4 Å². The van der Waals surface area contributed by atoms with Crippen LogP contribution >= 0.6 is 11.6 Å². The van der Waals surface area contributed by atoms with Crippen molar-refractivity contribution in [1.82, 2.24) is 4.98 Å². The van der Waals surface area contributed by atoms with Gasteiger partial charge in [-0.15, -0.1) is 0 Å². The fourth-order valence-corrected chi connectivity index (χ4v) is 1.74. The topological polar surface area (TPSA) is 60.2 Å². The molecule has 0 atom stereocenters. The Morgan fingerprint density at radius 3 is 2.74 bits per heavy atom. The van der Waals surface area contributed by atoms with Crippen LogP contribution in [0.5, 0.6) is 5.88 Å². The van der Waals surface area contributed by atoms with Crippen molar-refractivity contribution in [1.29, 1.82) is 0 Å². The molecule has 0 amide bonds. The van der Waals surface area contributed by atoms with E-state index in [4.69, 9.17) is 22.1 Å². The van der Waals surface area contributed by atoms with Gasteiger partial charge in [-0.05, 0) is 44.2 Å². The van der Waals surface area contributed by atoms with Gasteiger partial charge in [0.15, 0.2) is 0 Å². The molecule has 0 fully saturated rings. The number of nitrogens with one attached hydrogen (secondary N) is 1. The second-order valence-corrected chi connectivity index (χ2v) is 4.83. The van der Waals surface area contributed by atoms with Crippen LogP contribution in [0, 0.1) is 0 Å². The summed E-state index contributed by atoms with van der Waals surface area (Å²) in [7, 11) is 0. The molecule has 1 heterocycles. The lowest BCUT2D eigenvalue weighted by Gasteiger charge is -2.13. The third-order valence-electron chi connectivity index (χ3n) is 2.33. The van der Waals surface area contributed by atoms with Crippen LogP contribution in [0.25, 0.3) is 0 Å². The Labute approximate surface area is 117 Å². The number of nitrogens with zero attached hydrogens (tertiary/aromatic N) is 1. The molecule has 4 nitrogen and oxygen atoms in total. The van der Waals surface area contributed by atoms with Crippen LogP contribution in [-0.4, -0.2) is 11.1 Å². The average molecular weight is 278 g/mol. The van der Waals surface area contributed by atoms with Crippen molar-refractivity contribution in [2.75, 3.05) is 11.1 Å². The Morgan fingerprint density at radius 1 is 1.26 bits per heavy atom. The molecule has 19 heavy (non-hydrogen) atoms. The van der Waals surface area contributed by atoms with Crippen molar-refractivity contribution in [3.8, 4) is 5.88 Å². The minimum atomic E-state index is 0.0243. The van der Waals surface area contributed by atoms with Gasteiger partial charge in [-0.2, -0.15) is 4.98 Å². The predicted molar refractivity (Wildman–Crippen MR) is 79.1 cm³/mol. The first-order valence-electron chi connectivity index (χ1n) is 6.00. The number of hydrogen-bond acceptors (Lipinski definition) is 4. The molecule has 1 aromatic carbocycles. The number of pyridine rings is 1. The number of nitrogens with two attached hydrogens (primary N) is 1. The van der Waals surface area contributed by atoms with E-state index in [2.05, 4.69) is 10.3 Å². The summed E-state index contributed by atoms with van der Waals surface area (Å²) in [5.74, 6) is 1.09. The number of benzene rings is 1. The lowest BCUT2D eigenvalue weighted by molar-refractivity contribution is 0.234. The molecule has 0 radical (unpaired) electrons. The number of aromatic nitrogens is 1. The number of ether oxygens (including phenoxy) is 1. The number of rotatable bonds is 4. The number of halogens is 1. The summed E-state index contributed by atoms with van der Waals surface area (Å²) in [4.78, 5) is 4.34. The van der Waals surface area contributed by atoms with Crippen LogP contribution in [0.2, 0.25) is 5.02 Å². The first-order valence-corrected chi connectivity index (χ1v) is 6.38. The van der Waals surface area contributed by atoms with Gasteiger partial charge >= 0.3 is 0 Å². The van der Waals surface area contributed by atoms with Crippen LogP contribution in [0.1, 0.15) is 13.8 Å². The van der Waals surface area contributed by atoms with Crippen molar-refractivity contribution < 1.29 is 4.74 Å². The van der Waals surface area contributed by atoms with E-state index in [-0.39, 0.29) is 6.10 Å². The third-order valence-corrected chi connectivity index (χ3v) is 2.57. The number of hydrogen-bond donors (Lipinski definition) is 2. The molecule has 1 aromatic heterocycles. The van der Waals surface area contributed by atoms with E-state index in [0.717, 1.165) is 5.69 Å². The summed E-state index contributed by atoms with van der Waals surface area (Å²) in [6.45, 7) is 3.86.